The van der Waals surface area contributed by atoms with E-state index >= 15 is 0 Å². The van der Waals surface area contributed by atoms with Crippen LogP contribution < -0.4 is 10.6 Å². The summed E-state index contributed by atoms with van der Waals surface area (Å²) in [4.78, 5) is 13.0. The summed E-state index contributed by atoms with van der Waals surface area (Å²) in [6.45, 7) is 2.79. The number of rotatable bonds is 7. The third-order valence-corrected chi connectivity index (χ3v) is 7.95. The molecule has 0 bridgehead atoms. The number of anilines is 2. The molecule has 3 aromatic rings. The topological polar surface area (TPSA) is 78.5 Å². The summed E-state index contributed by atoms with van der Waals surface area (Å²) >= 11 is 0. The zero-order valence-corrected chi connectivity index (χ0v) is 19.5. The second-order valence-corrected chi connectivity index (χ2v) is 10.3. The van der Waals surface area contributed by atoms with Crippen LogP contribution in [0.1, 0.15) is 31.4 Å². The smallest absolute Gasteiger partial charge is 0.243 e. The van der Waals surface area contributed by atoms with Gasteiger partial charge in [0.05, 0.1) is 4.90 Å². The summed E-state index contributed by atoms with van der Waals surface area (Å²) < 4.78 is 27.0. The molecule has 0 aliphatic carbocycles. The summed E-state index contributed by atoms with van der Waals surface area (Å²) in [7, 11) is -3.51. The maximum atomic E-state index is 12.8. The van der Waals surface area contributed by atoms with Gasteiger partial charge in [0.1, 0.15) is 0 Å². The number of sulfonamides is 1. The van der Waals surface area contributed by atoms with Crippen molar-refractivity contribution in [1.29, 1.82) is 0 Å². The van der Waals surface area contributed by atoms with Crippen LogP contribution in [0, 0.1) is 5.92 Å². The van der Waals surface area contributed by atoms with Crippen molar-refractivity contribution in [3.05, 3.63) is 90.5 Å². The van der Waals surface area contributed by atoms with Crippen molar-refractivity contribution >= 4 is 27.3 Å². The first kappa shape index (κ1) is 23.0. The molecule has 4 rings (SSSR count). The second kappa shape index (κ2) is 10.2. The zero-order chi connectivity index (χ0) is 23.3. The lowest BCUT2D eigenvalue weighted by Gasteiger charge is -2.30. The lowest BCUT2D eigenvalue weighted by atomic mass is 9.97. The Morgan fingerprint density at radius 3 is 2.00 bits per heavy atom. The van der Waals surface area contributed by atoms with E-state index in [4.69, 9.17) is 0 Å². The van der Waals surface area contributed by atoms with Gasteiger partial charge >= 0.3 is 0 Å². The number of nitrogens with one attached hydrogen (secondary N) is 2. The molecule has 2 N–H and O–H groups in total. The van der Waals surface area contributed by atoms with E-state index < -0.39 is 10.0 Å². The van der Waals surface area contributed by atoms with Gasteiger partial charge in [-0.1, -0.05) is 48.5 Å². The predicted octanol–water partition coefficient (Wildman–Crippen LogP) is 4.90. The minimum absolute atomic E-state index is 0.0647. The van der Waals surface area contributed by atoms with Gasteiger partial charge in [-0.15, -0.1) is 0 Å². The van der Waals surface area contributed by atoms with Gasteiger partial charge in [-0.05, 0) is 61.7 Å². The summed E-state index contributed by atoms with van der Waals surface area (Å²) in [5.74, 6) is -0.270. The van der Waals surface area contributed by atoms with Gasteiger partial charge in [-0.2, -0.15) is 4.31 Å². The van der Waals surface area contributed by atoms with E-state index in [9.17, 15) is 13.2 Å². The Balaban J connectivity index is 1.29. The van der Waals surface area contributed by atoms with Crippen molar-refractivity contribution in [1.82, 2.24) is 4.31 Å². The number of hydrogen-bond donors (Lipinski definition) is 2. The van der Waals surface area contributed by atoms with Crippen molar-refractivity contribution in [2.75, 3.05) is 23.7 Å². The highest BCUT2D eigenvalue weighted by Gasteiger charge is 2.32. The third kappa shape index (κ3) is 5.61. The Labute approximate surface area is 195 Å². The van der Waals surface area contributed by atoms with Crippen LogP contribution in [-0.4, -0.2) is 31.7 Å². The first-order chi connectivity index (χ1) is 15.9. The molecular formula is C26H29N3O3S. The number of benzene rings is 3. The summed E-state index contributed by atoms with van der Waals surface area (Å²) in [6, 6.07) is 26.5. The molecule has 0 aromatic heterocycles. The number of carbonyl (C=O) groups is 1. The molecule has 0 radical (unpaired) electrons. The highest BCUT2D eigenvalue weighted by Crippen LogP contribution is 2.26. The summed E-state index contributed by atoms with van der Waals surface area (Å²) in [5.41, 5.74) is 2.91. The molecule has 1 aliphatic rings. The number of hydrogen-bond acceptors (Lipinski definition) is 4. The lowest BCUT2D eigenvalue weighted by Crippen LogP contribution is -2.41. The normalized spacial score (nSPS) is 16.2. The van der Waals surface area contributed by atoms with Crippen molar-refractivity contribution in [3.63, 3.8) is 0 Å². The van der Waals surface area contributed by atoms with Crippen molar-refractivity contribution in [2.24, 2.45) is 5.92 Å². The van der Waals surface area contributed by atoms with Gasteiger partial charge in [-0.3, -0.25) is 4.79 Å². The van der Waals surface area contributed by atoms with Crippen molar-refractivity contribution in [3.8, 4) is 0 Å². The van der Waals surface area contributed by atoms with E-state index in [1.807, 2.05) is 42.5 Å². The molecule has 1 heterocycles. The fourth-order valence-electron chi connectivity index (χ4n) is 4.07. The van der Waals surface area contributed by atoms with E-state index in [0.717, 1.165) is 11.4 Å². The van der Waals surface area contributed by atoms with E-state index in [1.165, 1.54) is 9.87 Å². The summed E-state index contributed by atoms with van der Waals surface area (Å²) in [5, 5.41) is 6.43. The highest BCUT2D eigenvalue weighted by molar-refractivity contribution is 7.89. The van der Waals surface area contributed by atoms with Gasteiger partial charge in [-0.25, -0.2) is 8.42 Å². The number of amides is 1. The van der Waals surface area contributed by atoms with Crippen LogP contribution in [0.25, 0.3) is 0 Å². The standard InChI is InChI=1S/C26H29N3O3S/c1-20(21-8-4-2-5-9-21)27-23-12-14-24(15-13-23)28-26(30)22-16-18-29(19-17-22)33(31,32)25-10-6-3-7-11-25/h2-15,20,22,27H,16-19H2,1H3,(H,28,30). The first-order valence-corrected chi connectivity index (χ1v) is 12.6. The van der Waals surface area contributed by atoms with E-state index in [2.05, 4.69) is 29.7 Å². The Kier molecular flexibility index (Phi) is 7.11. The molecule has 33 heavy (non-hydrogen) atoms. The monoisotopic (exact) mass is 463 g/mol. The third-order valence-electron chi connectivity index (χ3n) is 6.04. The molecule has 1 unspecified atom stereocenters. The maximum absolute atomic E-state index is 12.8. The molecule has 1 amide bonds. The second-order valence-electron chi connectivity index (χ2n) is 8.33. The Hall–Kier alpha value is -3.16. The molecule has 0 saturated carbocycles. The number of carbonyl (C=O) groups excluding carboxylic acids is 1. The zero-order valence-electron chi connectivity index (χ0n) is 18.6. The largest absolute Gasteiger partial charge is 0.379 e. The van der Waals surface area contributed by atoms with Crippen LogP contribution in [0.3, 0.4) is 0 Å². The predicted molar refractivity (Wildman–Crippen MR) is 131 cm³/mol. The SMILES string of the molecule is CC(Nc1ccc(NC(=O)C2CCN(S(=O)(=O)c3ccccc3)CC2)cc1)c1ccccc1. The van der Waals surface area contributed by atoms with Crippen LogP contribution in [0.15, 0.2) is 89.8 Å². The first-order valence-electron chi connectivity index (χ1n) is 11.2. The van der Waals surface area contributed by atoms with E-state index in [0.29, 0.717) is 30.8 Å². The minimum Gasteiger partial charge on any atom is -0.379 e. The molecule has 1 atom stereocenters. The molecule has 6 nitrogen and oxygen atoms in total. The maximum Gasteiger partial charge on any atom is 0.243 e. The van der Waals surface area contributed by atoms with Crippen molar-refractivity contribution < 1.29 is 13.2 Å². The lowest BCUT2D eigenvalue weighted by molar-refractivity contribution is -0.120. The molecule has 7 heteroatoms. The minimum atomic E-state index is -3.51. The van der Waals surface area contributed by atoms with Crippen LogP contribution in [0.2, 0.25) is 0 Å². The van der Waals surface area contributed by atoms with Gasteiger partial charge in [0, 0.05) is 36.4 Å². The highest BCUT2D eigenvalue weighted by atomic mass is 32.2. The van der Waals surface area contributed by atoms with Crippen LogP contribution >= 0.6 is 0 Å². The fourth-order valence-corrected chi connectivity index (χ4v) is 5.56. The molecular weight excluding hydrogens is 434 g/mol. The average molecular weight is 464 g/mol. The van der Waals surface area contributed by atoms with E-state index in [-0.39, 0.29) is 17.9 Å². The molecule has 0 spiro atoms. The van der Waals surface area contributed by atoms with E-state index in [1.54, 1.807) is 30.3 Å². The number of piperidine rings is 1. The van der Waals surface area contributed by atoms with Crippen LogP contribution in [0.5, 0.6) is 0 Å². The molecule has 1 saturated heterocycles. The van der Waals surface area contributed by atoms with Gasteiger partial charge in [0.15, 0.2) is 0 Å². The van der Waals surface area contributed by atoms with Gasteiger partial charge < -0.3 is 10.6 Å². The Morgan fingerprint density at radius 1 is 0.848 bits per heavy atom. The average Bonchev–Trinajstić information content (AvgIpc) is 2.86. The summed E-state index contributed by atoms with van der Waals surface area (Å²) in [6.07, 6.45) is 1.01. The van der Waals surface area contributed by atoms with Crippen LogP contribution in [-0.2, 0) is 14.8 Å². The fraction of sp³-hybridized carbons (Fsp3) is 0.269. The van der Waals surface area contributed by atoms with Gasteiger partial charge in [0.2, 0.25) is 15.9 Å². The Morgan fingerprint density at radius 2 is 1.39 bits per heavy atom. The Bertz CT molecular complexity index is 1160. The molecule has 1 fully saturated rings. The molecule has 1 aliphatic heterocycles. The van der Waals surface area contributed by atoms with Gasteiger partial charge in [0.25, 0.3) is 0 Å². The quantitative estimate of drug-likeness (QED) is 0.522. The van der Waals surface area contributed by atoms with Crippen LogP contribution in [0.4, 0.5) is 11.4 Å². The number of nitrogens with zero attached hydrogens (tertiary/aromatic N) is 1. The molecule has 172 valence electrons. The molecule has 3 aromatic carbocycles. The van der Waals surface area contributed by atoms with Crippen molar-refractivity contribution in [2.45, 2.75) is 30.7 Å².